The molecule has 1 saturated heterocycles. The third-order valence-corrected chi connectivity index (χ3v) is 5.69. The Morgan fingerprint density at radius 3 is 2.55 bits per heavy atom. The first-order valence-corrected chi connectivity index (χ1v) is 10.7. The van der Waals surface area contributed by atoms with Crippen molar-refractivity contribution in [1.29, 1.82) is 0 Å². The van der Waals surface area contributed by atoms with Gasteiger partial charge in [0.1, 0.15) is 0 Å². The van der Waals surface area contributed by atoms with E-state index in [1.165, 1.54) is 11.8 Å². The molecule has 0 aliphatic carbocycles. The van der Waals surface area contributed by atoms with Crippen LogP contribution >= 0.6 is 11.8 Å². The van der Waals surface area contributed by atoms with E-state index in [-0.39, 0.29) is 18.1 Å². The molecule has 7 nitrogen and oxygen atoms in total. The number of morpholine rings is 1. The lowest BCUT2D eigenvalue weighted by Gasteiger charge is -2.35. The van der Waals surface area contributed by atoms with Gasteiger partial charge in [-0.25, -0.2) is 0 Å². The fourth-order valence-electron chi connectivity index (χ4n) is 3.49. The summed E-state index contributed by atoms with van der Waals surface area (Å²) in [6.45, 7) is 5.84. The van der Waals surface area contributed by atoms with Crippen LogP contribution in [0.25, 0.3) is 11.6 Å². The minimum Gasteiger partial charge on any atom is -0.461 e. The SMILES string of the molecule is C[C@H]1CN(C(=O)CSc2nnc(-c3ccco3)n2Cc2ccccc2)C[C@H](C)O1. The number of rotatable bonds is 6. The molecule has 8 heteroatoms. The van der Waals surface area contributed by atoms with Crippen LogP contribution in [-0.4, -0.2) is 56.6 Å². The Morgan fingerprint density at radius 2 is 1.86 bits per heavy atom. The molecule has 0 radical (unpaired) electrons. The highest BCUT2D eigenvalue weighted by molar-refractivity contribution is 7.99. The van der Waals surface area contributed by atoms with E-state index in [9.17, 15) is 4.79 Å². The summed E-state index contributed by atoms with van der Waals surface area (Å²) in [5, 5.41) is 9.36. The van der Waals surface area contributed by atoms with E-state index in [0.29, 0.717) is 42.1 Å². The molecule has 0 saturated carbocycles. The third kappa shape index (κ3) is 4.71. The normalized spacial score (nSPS) is 19.4. The topological polar surface area (TPSA) is 73.4 Å². The lowest BCUT2D eigenvalue weighted by atomic mass is 10.2. The van der Waals surface area contributed by atoms with Gasteiger partial charge in [-0.1, -0.05) is 42.1 Å². The fraction of sp³-hybridized carbons (Fsp3) is 0.381. The first-order chi connectivity index (χ1) is 14.1. The van der Waals surface area contributed by atoms with E-state index in [1.807, 2.05) is 53.6 Å². The zero-order valence-corrected chi connectivity index (χ0v) is 17.3. The van der Waals surface area contributed by atoms with Crippen molar-refractivity contribution in [2.24, 2.45) is 0 Å². The maximum atomic E-state index is 12.7. The molecule has 1 aliphatic rings. The van der Waals surface area contributed by atoms with Gasteiger partial charge >= 0.3 is 0 Å². The highest BCUT2D eigenvalue weighted by atomic mass is 32.2. The zero-order chi connectivity index (χ0) is 20.2. The summed E-state index contributed by atoms with van der Waals surface area (Å²) in [6.07, 6.45) is 1.73. The van der Waals surface area contributed by atoms with Crippen molar-refractivity contribution in [1.82, 2.24) is 19.7 Å². The molecule has 152 valence electrons. The van der Waals surface area contributed by atoms with Gasteiger partial charge in [0, 0.05) is 13.1 Å². The van der Waals surface area contributed by atoms with Gasteiger partial charge in [0.2, 0.25) is 11.7 Å². The molecule has 29 heavy (non-hydrogen) atoms. The van der Waals surface area contributed by atoms with Crippen molar-refractivity contribution in [3.8, 4) is 11.6 Å². The molecule has 1 aromatic carbocycles. The summed E-state index contributed by atoms with van der Waals surface area (Å²) in [4.78, 5) is 14.6. The smallest absolute Gasteiger partial charge is 0.233 e. The van der Waals surface area contributed by atoms with Crippen molar-refractivity contribution in [2.45, 2.75) is 37.8 Å². The molecule has 1 amide bonds. The van der Waals surface area contributed by atoms with E-state index >= 15 is 0 Å². The number of carbonyl (C=O) groups is 1. The fourth-order valence-corrected chi connectivity index (χ4v) is 4.33. The molecule has 0 spiro atoms. The van der Waals surface area contributed by atoms with E-state index in [1.54, 1.807) is 6.26 Å². The maximum absolute atomic E-state index is 12.7. The standard InChI is InChI=1S/C21H24N4O3S/c1-15-11-24(12-16(2)28-15)19(26)14-29-21-23-22-20(18-9-6-10-27-18)25(21)13-17-7-4-3-5-8-17/h3-10,15-16H,11-14H2,1-2H3/t15-,16-/m0/s1. The van der Waals surface area contributed by atoms with Gasteiger partial charge in [0.05, 0.1) is 30.8 Å². The minimum absolute atomic E-state index is 0.0555. The monoisotopic (exact) mass is 412 g/mol. The van der Waals surface area contributed by atoms with E-state index in [0.717, 1.165) is 5.56 Å². The van der Waals surface area contributed by atoms with Crippen LogP contribution in [0.1, 0.15) is 19.4 Å². The molecule has 1 fully saturated rings. The van der Waals surface area contributed by atoms with Gasteiger partial charge in [0.15, 0.2) is 10.9 Å². The van der Waals surface area contributed by atoms with Gasteiger partial charge in [-0.2, -0.15) is 0 Å². The molecular weight excluding hydrogens is 388 g/mol. The molecule has 2 aromatic heterocycles. The Hall–Kier alpha value is -2.58. The van der Waals surface area contributed by atoms with E-state index in [4.69, 9.17) is 9.15 Å². The quantitative estimate of drug-likeness (QED) is 0.579. The van der Waals surface area contributed by atoms with Gasteiger partial charge < -0.3 is 14.1 Å². The molecule has 0 N–H and O–H groups in total. The van der Waals surface area contributed by atoms with Crippen LogP contribution < -0.4 is 0 Å². The molecule has 3 heterocycles. The first kappa shape index (κ1) is 19.7. The number of furan rings is 1. The van der Waals surface area contributed by atoms with E-state index < -0.39 is 0 Å². The molecule has 2 atom stereocenters. The number of amides is 1. The molecule has 0 unspecified atom stereocenters. The number of nitrogens with zero attached hydrogens (tertiary/aromatic N) is 4. The molecule has 3 aromatic rings. The van der Waals surface area contributed by atoms with Crippen molar-refractivity contribution in [2.75, 3.05) is 18.8 Å². The molecule has 4 rings (SSSR count). The minimum atomic E-state index is 0.0555. The maximum Gasteiger partial charge on any atom is 0.233 e. The number of carbonyl (C=O) groups excluding carboxylic acids is 1. The summed E-state index contributed by atoms with van der Waals surface area (Å²) in [5.41, 5.74) is 1.13. The Morgan fingerprint density at radius 1 is 1.10 bits per heavy atom. The van der Waals surface area contributed by atoms with E-state index in [2.05, 4.69) is 22.3 Å². The number of benzene rings is 1. The van der Waals surface area contributed by atoms with Crippen LogP contribution in [0.2, 0.25) is 0 Å². The van der Waals surface area contributed by atoms with Crippen molar-refractivity contribution in [3.63, 3.8) is 0 Å². The van der Waals surface area contributed by atoms with Gasteiger partial charge in [-0.3, -0.25) is 9.36 Å². The van der Waals surface area contributed by atoms with Gasteiger partial charge in [0.25, 0.3) is 0 Å². The largest absolute Gasteiger partial charge is 0.461 e. The predicted octanol–water partition coefficient (Wildman–Crippen LogP) is 3.31. The van der Waals surface area contributed by atoms with Crippen molar-refractivity contribution < 1.29 is 13.9 Å². The second-order valence-electron chi connectivity index (χ2n) is 7.20. The Balaban J connectivity index is 1.51. The second kappa shape index (κ2) is 8.84. The van der Waals surface area contributed by atoms with Crippen LogP contribution in [0.15, 0.2) is 58.3 Å². The second-order valence-corrected chi connectivity index (χ2v) is 8.14. The third-order valence-electron chi connectivity index (χ3n) is 4.74. The first-order valence-electron chi connectivity index (χ1n) is 9.67. The van der Waals surface area contributed by atoms with Crippen LogP contribution in [0.5, 0.6) is 0 Å². The summed E-state index contributed by atoms with van der Waals surface area (Å²) in [5.74, 6) is 1.71. The Labute approximate surface area is 174 Å². The lowest BCUT2D eigenvalue weighted by molar-refractivity contribution is -0.140. The molecule has 1 aliphatic heterocycles. The predicted molar refractivity (Wildman–Crippen MR) is 111 cm³/mol. The summed E-state index contributed by atoms with van der Waals surface area (Å²) in [7, 11) is 0. The average Bonchev–Trinajstić information content (AvgIpc) is 3.36. The zero-order valence-electron chi connectivity index (χ0n) is 16.5. The van der Waals surface area contributed by atoms with Crippen molar-refractivity contribution >= 4 is 17.7 Å². The van der Waals surface area contributed by atoms with Crippen LogP contribution in [0.4, 0.5) is 0 Å². The number of hydrogen-bond donors (Lipinski definition) is 0. The van der Waals surface area contributed by atoms with Crippen LogP contribution in [0.3, 0.4) is 0 Å². The average molecular weight is 413 g/mol. The number of hydrogen-bond acceptors (Lipinski definition) is 6. The highest BCUT2D eigenvalue weighted by Crippen LogP contribution is 2.26. The van der Waals surface area contributed by atoms with Gasteiger partial charge in [-0.15, -0.1) is 10.2 Å². The summed E-state index contributed by atoms with van der Waals surface area (Å²) >= 11 is 1.40. The van der Waals surface area contributed by atoms with Crippen LogP contribution in [-0.2, 0) is 16.1 Å². The van der Waals surface area contributed by atoms with Crippen LogP contribution in [0, 0.1) is 0 Å². The Bertz CT molecular complexity index is 932. The lowest BCUT2D eigenvalue weighted by Crippen LogP contribution is -2.48. The van der Waals surface area contributed by atoms with Crippen molar-refractivity contribution in [3.05, 3.63) is 54.3 Å². The number of aromatic nitrogens is 3. The highest BCUT2D eigenvalue weighted by Gasteiger charge is 2.26. The number of thioether (sulfide) groups is 1. The molecular formula is C21H24N4O3S. The Kier molecular flexibility index (Phi) is 6.01. The summed E-state index contributed by atoms with van der Waals surface area (Å²) in [6, 6.07) is 13.8. The number of ether oxygens (including phenoxy) is 1. The summed E-state index contributed by atoms with van der Waals surface area (Å²) < 4.78 is 13.3. The van der Waals surface area contributed by atoms with Gasteiger partial charge in [-0.05, 0) is 31.5 Å². The molecule has 0 bridgehead atoms.